The van der Waals surface area contributed by atoms with Gasteiger partial charge >= 0.3 is 0 Å². The standard InChI is InChI=1S/C24H31N5O/c1-16-7-8-20(13-17(16)2)24(30)29-11-9-19(10-12-29)21-14-25-15-23(27-21)28-22-6-4-5-18(3)26-22/h4-6,14-15,19-20H,7-13H2,1-3H3,(H,26,27,28)/t20-/m0/s1. The average molecular weight is 406 g/mol. The summed E-state index contributed by atoms with van der Waals surface area (Å²) in [5.41, 5.74) is 4.81. The molecule has 1 saturated heterocycles. The number of piperidine rings is 1. The number of aryl methyl sites for hydroxylation is 1. The van der Waals surface area contributed by atoms with Gasteiger partial charge in [0.15, 0.2) is 0 Å². The molecule has 3 heterocycles. The lowest BCUT2D eigenvalue weighted by Gasteiger charge is -2.35. The van der Waals surface area contributed by atoms with E-state index in [1.54, 1.807) is 6.20 Å². The SMILES string of the molecule is CC1=C(C)C[C@@H](C(=O)N2CCC(c3cncc(Nc4cccc(C)n4)n3)CC2)CC1. The van der Waals surface area contributed by atoms with Crippen LogP contribution in [-0.4, -0.2) is 38.8 Å². The van der Waals surface area contributed by atoms with E-state index in [0.717, 1.165) is 62.4 Å². The molecule has 30 heavy (non-hydrogen) atoms. The monoisotopic (exact) mass is 405 g/mol. The highest BCUT2D eigenvalue weighted by atomic mass is 16.2. The van der Waals surface area contributed by atoms with E-state index in [-0.39, 0.29) is 5.92 Å². The number of carbonyl (C=O) groups excluding carboxylic acids is 1. The second kappa shape index (κ2) is 8.94. The largest absolute Gasteiger partial charge is 0.342 e. The normalized spacial score (nSPS) is 20.4. The van der Waals surface area contributed by atoms with Crippen molar-refractivity contribution in [1.29, 1.82) is 0 Å². The second-order valence-corrected chi connectivity index (χ2v) is 8.72. The summed E-state index contributed by atoms with van der Waals surface area (Å²) >= 11 is 0. The zero-order valence-electron chi connectivity index (χ0n) is 18.2. The Labute approximate surface area is 178 Å². The third kappa shape index (κ3) is 4.69. The first-order valence-electron chi connectivity index (χ1n) is 11.0. The molecular weight excluding hydrogens is 374 g/mol. The minimum atomic E-state index is 0.166. The fraction of sp³-hybridized carbons (Fsp3) is 0.500. The van der Waals surface area contributed by atoms with Crippen molar-refractivity contribution in [2.75, 3.05) is 18.4 Å². The highest BCUT2D eigenvalue weighted by molar-refractivity contribution is 5.79. The van der Waals surface area contributed by atoms with Crippen LogP contribution in [-0.2, 0) is 4.79 Å². The second-order valence-electron chi connectivity index (χ2n) is 8.72. The molecule has 1 atom stereocenters. The van der Waals surface area contributed by atoms with Gasteiger partial charge in [-0.05, 0) is 65.0 Å². The van der Waals surface area contributed by atoms with Crippen LogP contribution in [0.3, 0.4) is 0 Å². The van der Waals surface area contributed by atoms with E-state index >= 15 is 0 Å². The predicted molar refractivity (Wildman–Crippen MR) is 119 cm³/mol. The lowest BCUT2D eigenvalue weighted by Crippen LogP contribution is -2.42. The molecule has 2 aliphatic rings. The summed E-state index contributed by atoms with van der Waals surface area (Å²) in [7, 11) is 0. The first-order chi connectivity index (χ1) is 14.5. The first kappa shape index (κ1) is 20.5. The van der Waals surface area contributed by atoms with Crippen LogP contribution in [0.1, 0.15) is 63.3 Å². The van der Waals surface area contributed by atoms with Crippen LogP contribution in [0.2, 0.25) is 0 Å². The average Bonchev–Trinajstić information content (AvgIpc) is 2.75. The maximum Gasteiger partial charge on any atom is 0.226 e. The summed E-state index contributed by atoms with van der Waals surface area (Å²) in [4.78, 5) is 28.7. The van der Waals surface area contributed by atoms with Crippen LogP contribution in [0.15, 0.2) is 41.7 Å². The Bertz CT molecular complexity index is 946. The Morgan fingerprint density at radius 1 is 1.00 bits per heavy atom. The number of anilines is 2. The molecule has 0 unspecified atom stereocenters. The van der Waals surface area contributed by atoms with E-state index in [1.165, 1.54) is 11.1 Å². The maximum absolute atomic E-state index is 13.0. The number of amides is 1. The molecule has 0 bridgehead atoms. The summed E-state index contributed by atoms with van der Waals surface area (Å²) in [6.07, 6.45) is 8.44. The Kier molecular flexibility index (Phi) is 6.11. The van der Waals surface area contributed by atoms with E-state index in [4.69, 9.17) is 4.98 Å². The summed E-state index contributed by atoms with van der Waals surface area (Å²) in [5.74, 6) is 2.33. The molecule has 2 aromatic heterocycles. The van der Waals surface area contributed by atoms with Crippen molar-refractivity contribution in [3.05, 3.63) is 53.1 Å². The van der Waals surface area contributed by atoms with Crippen molar-refractivity contribution in [3.8, 4) is 0 Å². The number of rotatable bonds is 4. The van der Waals surface area contributed by atoms with Crippen molar-refractivity contribution >= 4 is 17.5 Å². The van der Waals surface area contributed by atoms with Gasteiger partial charge in [-0.2, -0.15) is 0 Å². The number of allylic oxidation sites excluding steroid dienone is 2. The molecule has 1 amide bonds. The van der Waals surface area contributed by atoms with Gasteiger partial charge in [-0.3, -0.25) is 9.78 Å². The van der Waals surface area contributed by atoms with Crippen molar-refractivity contribution in [3.63, 3.8) is 0 Å². The number of hydrogen-bond donors (Lipinski definition) is 1. The molecule has 2 aromatic rings. The smallest absolute Gasteiger partial charge is 0.226 e. The molecule has 6 heteroatoms. The fourth-order valence-corrected chi connectivity index (χ4v) is 4.50. The molecule has 4 rings (SSSR count). The fourth-order valence-electron chi connectivity index (χ4n) is 4.50. The lowest BCUT2D eigenvalue weighted by atomic mass is 9.83. The number of nitrogens with one attached hydrogen (secondary N) is 1. The van der Waals surface area contributed by atoms with Crippen molar-refractivity contribution in [1.82, 2.24) is 19.9 Å². The van der Waals surface area contributed by atoms with Gasteiger partial charge in [0.05, 0.1) is 11.9 Å². The first-order valence-corrected chi connectivity index (χ1v) is 11.0. The van der Waals surface area contributed by atoms with Crippen molar-refractivity contribution in [2.45, 2.75) is 58.8 Å². The molecule has 1 fully saturated rings. The number of pyridine rings is 1. The molecule has 1 aliphatic heterocycles. The molecular formula is C24H31N5O. The summed E-state index contributed by atoms with van der Waals surface area (Å²) in [6.45, 7) is 7.95. The summed E-state index contributed by atoms with van der Waals surface area (Å²) < 4.78 is 0. The number of hydrogen-bond acceptors (Lipinski definition) is 5. The topological polar surface area (TPSA) is 71.0 Å². The molecule has 158 valence electrons. The number of likely N-dealkylation sites (tertiary alicyclic amines) is 1. The summed E-state index contributed by atoms with van der Waals surface area (Å²) in [6, 6.07) is 5.86. The molecule has 0 spiro atoms. The van der Waals surface area contributed by atoms with Crippen LogP contribution in [0, 0.1) is 12.8 Å². The third-order valence-electron chi connectivity index (χ3n) is 6.52. The van der Waals surface area contributed by atoms with E-state index in [2.05, 4.69) is 34.0 Å². The minimum Gasteiger partial charge on any atom is -0.342 e. The number of aromatic nitrogens is 3. The zero-order valence-corrected chi connectivity index (χ0v) is 18.2. The molecule has 0 radical (unpaired) electrons. The number of nitrogens with zero attached hydrogens (tertiary/aromatic N) is 4. The van der Waals surface area contributed by atoms with Crippen LogP contribution in [0.25, 0.3) is 0 Å². The molecule has 0 saturated carbocycles. The van der Waals surface area contributed by atoms with Crippen LogP contribution in [0.5, 0.6) is 0 Å². The zero-order chi connectivity index (χ0) is 21.1. The molecule has 1 aliphatic carbocycles. The van der Waals surface area contributed by atoms with Gasteiger partial charge in [-0.1, -0.05) is 17.2 Å². The van der Waals surface area contributed by atoms with Crippen LogP contribution >= 0.6 is 0 Å². The highest BCUT2D eigenvalue weighted by Crippen LogP contribution is 2.33. The van der Waals surface area contributed by atoms with Gasteiger partial charge in [0.25, 0.3) is 0 Å². The van der Waals surface area contributed by atoms with Gasteiger partial charge in [0.1, 0.15) is 11.6 Å². The van der Waals surface area contributed by atoms with Gasteiger partial charge in [0, 0.05) is 36.8 Å². The predicted octanol–water partition coefficient (Wildman–Crippen LogP) is 4.77. The van der Waals surface area contributed by atoms with Crippen molar-refractivity contribution in [2.24, 2.45) is 5.92 Å². The summed E-state index contributed by atoms with van der Waals surface area (Å²) in [5, 5.41) is 3.25. The lowest BCUT2D eigenvalue weighted by molar-refractivity contribution is -0.137. The van der Waals surface area contributed by atoms with Crippen LogP contribution in [0.4, 0.5) is 11.6 Å². The van der Waals surface area contributed by atoms with Gasteiger partial charge in [0.2, 0.25) is 5.91 Å². The van der Waals surface area contributed by atoms with Gasteiger partial charge < -0.3 is 10.2 Å². The van der Waals surface area contributed by atoms with E-state index in [9.17, 15) is 4.79 Å². The Morgan fingerprint density at radius 3 is 2.53 bits per heavy atom. The van der Waals surface area contributed by atoms with E-state index in [0.29, 0.717) is 17.6 Å². The maximum atomic E-state index is 13.0. The molecule has 0 aromatic carbocycles. The molecule has 6 nitrogen and oxygen atoms in total. The Hall–Kier alpha value is -2.76. The molecule has 1 N–H and O–H groups in total. The minimum absolute atomic E-state index is 0.166. The third-order valence-corrected chi connectivity index (χ3v) is 6.52. The van der Waals surface area contributed by atoms with Gasteiger partial charge in [-0.25, -0.2) is 9.97 Å². The van der Waals surface area contributed by atoms with Crippen molar-refractivity contribution < 1.29 is 4.79 Å². The quantitative estimate of drug-likeness (QED) is 0.742. The Morgan fingerprint density at radius 2 is 1.80 bits per heavy atom. The van der Waals surface area contributed by atoms with E-state index in [1.807, 2.05) is 31.3 Å². The Balaban J connectivity index is 1.36. The van der Waals surface area contributed by atoms with E-state index < -0.39 is 0 Å². The van der Waals surface area contributed by atoms with Crippen LogP contribution < -0.4 is 5.32 Å². The highest BCUT2D eigenvalue weighted by Gasteiger charge is 2.31. The number of carbonyl (C=O) groups is 1. The van der Waals surface area contributed by atoms with Gasteiger partial charge in [-0.15, -0.1) is 0 Å².